The fourth-order valence-electron chi connectivity index (χ4n) is 3.00. The van der Waals surface area contributed by atoms with Gasteiger partial charge in [0, 0.05) is 17.8 Å². The summed E-state index contributed by atoms with van der Waals surface area (Å²) in [6, 6.07) is 11.6. The maximum absolute atomic E-state index is 13.2. The first kappa shape index (κ1) is 17.1. The lowest BCUT2D eigenvalue weighted by atomic mass is 9.95. The van der Waals surface area contributed by atoms with Gasteiger partial charge in [-0.15, -0.1) is 0 Å². The van der Waals surface area contributed by atoms with Crippen molar-refractivity contribution in [3.63, 3.8) is 0 Å². The maximum atomic E-state index is 13.2. The molecule has 5 nitrogen and oxygen atoms in total. The van der Waals surface area contributed by atoms with Gasteiger partial charge in [0.15, 0.2) is 5.78 Å². The highest BCUT2D eigenvalue weighted by Crippen LogP contribution is 2.29. The summed E-state index contributed by atoms with van der Waals surface area (Å²) < 4.78 is 26.2. The second-order valence-electron chi connectivity index (χ2n) is 6.26. The number of rotatable bonds is 4. The van der Waals surface area contributed by atoms with Gasteiger partial charge in [-0.25, -0.2) is 13.8 Å². The lowest BCUT2D eigenvalue weighted by Crippen LogP contribution is -2.17. The number of aromatic nitrogens is 2. The Bertz CT molecular complexity index is 988. The van der Waals surface area contributed by atoms with E-state index in [1.165, 1.54) is 24.3 Å². The van der Waals surface area contributed by atoms with Crippen LogP contribution in [0.1, 0.15) is 28.9 Å². The SMILES string of the molecule is O=C1CCCc2nc(Nc3ccc(F)cc3)nc(Nc3ccc(F)cc3)c21. The zero-order valence-corrected chi connectivity index (χ0v) is 14.3. The van der Waals surface area contributed by atoms with Crippen molar-refractivity contribution in [1.82, 2.24) is 9.97 Å². The molecule has 0 radical (unpaired) electrons. The average molecular weight is 366 g/mol. The number of carbonyl (C=O) groups excluding carboxylic acids is 1. The van der Waals surface area contributed by atoms with Crippen LogP contribution in [-0.4, -0.2) is 15.8 Å². The van der Waals surface area contributed by atoms with Crippen LogP contribution < -0.4 is 10.6 Å². The molecule has 0 fully saturated rings. The van der Waals surface area contributed by atoms with Gasteiger partial charge in [0.1, 0.15) is 17.5 Å². The molecule has 136 valence electrons. The van der Waals surface area contributed by atoms with Crippen molar-refractivity contribution in [3.8, 4) is 0 Å². The molecule has 0 spiro atoms. The third-order valence-corrected chi connectivity index (χ3v) is 4.29. The minimum atomic E-state index is -0.347. The van der Waals surface area contributed by atoms with Crippen LogP contribution in [0.2, 0.25) is 0 Å². The van der Waals surface area contributed by atoms with Crippen molar-refractivity contribution in [1.29, 1.82) is 0 Å². The van der Waals surface area contributed by atoms with E-state index in [9.17, 15) is 13.6 Å². The van der Waals surface area contributed by atoms with E-state index in [2.05, 4.69) is 20.6 Å². The van der Waals surface area contributed by atoms with E-state index in [1.807, 2.05) is 0 Å². The lowest BCUT2D eigenvalue weighted by molar-refractivity contribution is 0.0972. The Kier molecular flexibility index (Phi) is 4.50. The first-order valence-electron chi connectivity index (χ1n) is 8.58. The summed E-state index contributed by atoms with van der Waals surface area (Å²) in [6.07, 6.45) is 1.84. The fraction of sp³-hybridized carbons (Fsp3) is 0.150. The molecule has 4 rings (SSSR count). The first-order valence-corrected chi connectivity index (χ1v) is 8.58. The number of carbonyl (C=O) groups is 1. The normalized spacial score (nSPS) is 13.2. The first-order chi connectivity index (χ1) is 13.1. The van der Waals surface area contributed by atoms with Gasteiger partial charge >= 0.3 is 0 Å². The van der Waals surface area contributed by atoms with Crippen LogP contribution >= 0.6 is 0 Å². The largest absolute Gasteiger partial charge is 0.339 e. The number of nitrogens with one attached hydrogen (secondary N) is 2. The molecule has 0 saturated heterocycles. The lowest BCUT2D eigenvalue weighted by Gasteiger charge is -2.19. The number of fused-ring (bicyclic) bond motifs is 1. The van der Waals surface area contributed by atoms with Gasteiger partial charge in [0.25, 0.3) is 0 Å². The highest BCUT2D eigenvalue weighted by atomic mass is 19.1. The Hall–Kier alpha value is -3.35. The zero-order valence-electron chi connectivity index (χ0n) is 14.3. The molecule has 0 atom stereocenters. The molecule has 0 aliphatic heterocycles. The minimum absolute atomic E-state index is 0.0193. The summed E-state index contributed by atoms with van der Waals surface area (Å²) in [7, 11) is 0. The second-order valence-corrected chi connectivity index (χ2v) is 6.26. The molecule has 0 amide bonds. The summed E-state index contributed by atoms with van der Waals surface area (Å²) in [5.74, 6) is -0.0223. The highest BCUT2D eigenvalue weighted by molar-refractivity contribution is 6.03. The van der Waals surface area contributed by atoms with Crippen LogP contribution in [0, 0.1) is 11.6 Å². The Morgan fingerprint density at radius 1 is 0.778 bits per heavy atom. The monoisotopic (exact) mass is 366 g/mol. The van der Waals surface area contributed by atoms with Crippen LogP contribution in [0.5, 0.6) is 0 Å². The van der Waals surface area contributed by atoms with Crippen LogP contribution in [-0.2, 0) is 6.42 Å². The Morgan fingerprint density at radius 3 is 2.00 bits per heavy atom. The molecule has 1 aliphatic rings. The van der Waals surface area contributed by atoms with Gasteiger partial charge in [0.05, 0.1) is 11.3 Å². The quantitative estimate of drug-likeness (QED) is 0.697. The summed E-state index contributed by atoms with van der Waals surface area (Å²) in [4.78, 5) is 21.3. The number of anilines is 4. The predicted octanol–water partition coefficient (Wildman–Crippen LogP) is 4.76. The molecule has 3 aromatic rings. The van der Waals surface area contributed by atoms with Crippen LogP contribution in [0.25, 0.3) is 0 Å². The number of nitrogens with zero attached hydrogens (tertiary/aromatic N) is 2. The van der Waals surface area contributed by atoms with E-state index >= 15 is 0 Å². The molecule has 1 heterocycles. The third kappa shape index (κ3) is 3.76. The Morgan fingerprint density at radius 2 is 1.37 bits per heavy atom. The number of Topliss-reactive ketones (excluding diaryl/α,β-unsaturated/α-hetero) is 1. The van der Waals surface area contributed by atoms with Gasteiger partial charge in [-0.2, -0.15) is 4.98 Å². The summed E-state index contributed by atoms with van der Waals surface area (Å²) >= 11 is 0. The standard InChI is InChI=1S/C20H16F2N4O/c21-12-4-8-14(9-5-12)23-19-18-16(2-1-3-17(18)27)25-20(26-19)24-15-10-6-13(22)7-11-15/h4-11H,1-3H2,(H2,23,24,25,26). The number of ketones is 1. The van der Waals surface area contributed by atoms with E-state index in [-0.39, 0.29) is 17.4 Å². The molecule has 2 aromatic carbocycles. The van der Waals surface area contributed by atoms with Crippen molar-refractivity contribution in [2.75, 3.05) is 10.6 Å². The van der Waals surface area contributed by atoms with E-state index in [4.69, 9.17) is 0 Å². The number of aryl methyl sites for hydroxylation is 1. The van der Waals surface area contributed by atoms with Gasteiger partial charge in [0.2, 0.25) is 5.95 Å². The van der Waals surface area contributed by atoms with Crippen LogP contribution in [0.3, 0.4) is 0 Å². The molecule has 27 heavy (non-hydrogen) atoms. The minimum Gasteiger partial charge on any atom is -0.339 e. The van der Waals surface area contributed by atoms with Crippen molar-refractivity contribution >= 4 is 28.9 Å². The number of benzene rings is 2. The molecular weight excluding hydrogens is 350 g/mol. The number of hydrogen-bond donors (Lipinski definition) is 2. The second kappa shape index (κ2) is 7.11. The molecule has 0 saturated carbocycles. The van der Waals surface area contributed by atoms with Crippen molar-refractivity contribution in [2.45, 2.75) is 19.3 Å². The topological polar surface area (TPSA) is 66.9 Å². The maximum Gasteiger partial charge on any atom is 0.229 e. The molecular formula is C20H16F2N4O. The van der Waals surface area contributed by atoms with Gasteiger partial charge < -0.3 is 10.6 Å². The van der Waals surface area contributed by atoms with E-state index in [1.54, 1.807) is 24.3 Å². The van der Waals surface area contributed by atoms with Gasteiger partial charge in [-0.1, -0.05) is 0 Å². The number of halogens is 2. The third-order valence-electron chi connectivity index (χ3n) is 4.29. The zero-order chi connectivity index (χ0) is 18.8. The Labute approximate surface area is 154 Å². The number of hydrogen-bond acceptors (Lipinski definition) is 5. The van der Waals surface area contributed by atoms with Crippen molar-refractivity contribution < 1.29 is 13.6 Å². The van der Waals surface area contributed by atoms with Crippen molar-refractivity contribution in [2.24, 2.45) is 0 Å². The highest BCUT2D eigenvalue weighted by Gasteiger charge is 2.24. The average Bonchev–Trinajstić information content (AvgIpc) is 2.65. The summed E-state index contributed by atoms with van der Waals surface area (Å²) in [5, 5.41) is 6.12. The predicted molar refractivity (Wildman–Crippen MR) is 98.7 cm³/mol. The van der Waals surface area contributed by atoms with E-state index in [0.29, 0.717) is 47.2 Å². The smallest absolute Gasteiger partial charge is 0.229 e. The van der Waals surface area contributed by atoms with Crippen LogP contribution in [0.15, 0.2) is 48.5 Å². The molecule has 2 N–H and O–H groups in total. The van der Waals surface area contributed by atoms with E-state index in [0.717, 1.165) is 6.42 Å². The molecule has 1 aliphatic carbocycles. The summed E-state index contributed by atoms with van der Waals surface area (Å²) in [6.45, 7) is 0. The Balaban J connectivity index is 1.71. The van der Waals surface area contributed by atoms with Crippen molar-refractivity contribution in [3.05, 3.63) is 71.4 Å². The molecule has 7 heteroatoms. The van der Waals surface area contributed by atoms with Gasteiger partial charge in [-0.3, -0.25) is 4.79 Å². The summed E-state index contributed by atoms with van der Waals surface area (Å²) in [5.41, 5.74) is 2.38. The van der Waals surface area contributed by atoms with Crippen LogP contribution in [0.4, 0.5) is 31.9 Å². The fourth-order valence-corrected chi connectivity index (χ4v) is 3.00. The molecule has 0 bridgehead atoms. The molecule has 1 aromatic heterocycles. The van der Waals surface area contributed by atoms with Gasteiger partial charge in [-0.05, 0) is 61.4 Å². The molecule has 0 unspecified atom stereocenters. The van der Waals surface area contributed by atoms with E-state index < -0.39 is 0 Å².